The average molecular weight is 249 g/mol. The van der Waals surface area contributed by atoms with E-state index in [1.807, 2.05) is 36.6 Å². The molecule has 0 bridgehead atoms. The molecule has 1 aromatic heterocycles. The maximum Gasteiger partial charge on any atom is 0.131 e. The molecule has 0 aliphatic rings. The minimum Gasteiger partial charge on any atom is -0.487 e. The Bertz CT molecular complexity index is 456. The highest BCUT2D eigenvalue weighted by molar-refractivity contribution is 7.07. The minimum absolute atomic E-state index is 0.441. The van der Waals surface area contributed by atoms with Gasteiger partial charge in [-0.25, -0.2) is 4.98 Å². The molecule has 0 aliphatic carbocycles. The van der Waals surface area contributed by atoms with E-state index in [1.54, 1.807) is 16.8 Å². The summed E-state index contributed by atoms with van der Waals surface area (Å²) >= 11 is 1.55. The van der Waals surface area contributed by atoms with Gasteiger partial charge in [-0.1, -0.05) is 25.1 Å². The van der Waals surface area contributed by atoms with Crippen molar-refractivity contribution in [3.8, 4) is 5.75 Å². The number of thiazole rings is 1. The molecular formula is C13H15NO2S. The van der Waals surface area contributed by atoms with Crippen molar-refractivity contribution in [2.75, 3.05) is 0 Å². The summed E-state index contributed by atoms with van der Waals surface area (Å²) in [7, 11) is 0. The van der Waals surface area contributed by atoms with Crippen LogP contribution < -0.4 is 4.74 Å². The fourth-order valence-electron chi connectivity index (χ4n) is 1.57. The topological polar surface area (TPSA) is 42.4 Å². The van der Waals surface area contributed by atoms with Crippen LogP contribution in [-0.4, -0.2) is 10.1 Å². The molecule has 0 saturated heterocycles. The molecule has 3 nitrogen and oxygen atoms in total. The molecule has 17 heavy (non-hydrogen) atoms. The average Bonchev–Trinajstić information content (AvgIpc) is 2.89. The van der Waals surface area contributed by atoms with E-state index in [-0.39, 0.29) is 0 Å². The van der Waals surface area contributed by atoms with Gasteiger partial charge >= 0.3 is 0 Å². The van der Waals surface area contributed by atoms with Gasteiger partial charge in [0.2, 0.25) is 0 Å². The van der Waals surface area contributed by atoms with Crippen molar-refractivity contribution in [2.24, 2.45) is 0 Å². The standard InChI is InChI=1S/C13H15NO2S/c1-2-12(15)11-5-3-4-6-13(11)16-7-10-8-17-9-14-10/h3-6,8-9,12,15H,2,7H2,1H3. The van der Waals surface area contributed by atoms with Gasteiger partial charge in [-0.15, -0.1) is 11.3 Å². The van der Waals surface area contributed by atoms with Crippen molar-refractivity contribution < 1.29 is 9.84 Å². The zero-order valence-corrected chi connectivity index (χ0v) is 10.5. The maximum absolute atomic E-state index is 9.87. The van der Waals surface area contributed by atoms with Crippen molar-refractivity contribution in [3.05, 3.63) is 46.4 Å². The van der Waals surface area contributed by atoms with E-state index in [2.05, 4.69) is 4.98 Å². The Morgan fingerprint density at radius 1 is 1.41 bits per heavy atom. The molecule has 1 unspecified atom stereocenters. The predicted octanol–water partition coefficient (Wildman–Crippen LogP) is 3.17. The summed E-state index contributed by atoms with van der Waals surface area (Å²) in [5, 5.41) is 11.8. The van der Waals surface area contributed by atoms with E-state index in [0.29, 0.717) is 13.0 Å². The van der Waals surface area contributed by atoms with Crippen molar-refractivity contribution >= 4 is 11.3 Å². The third-order valence-electron chi connectivity index (χ3n) is 2.52. The van der Waals surface area contributed by atoms with Gasteiger partial charge < -0.3 is 9.84 Å². The SMILES string of the molecule is CCC(O)c1ccccc1OCc1cscn1. The zero-order valence-electron chi connectivity index (χ0n) is 9.67. The largest absolute Gasteiger partial charge is 0.487 e. The van der Waals surface area contributed by atoms with Crippen LogP contribution >= 0.6 is 11.3 Å². The number of ether oxygens (including phenoxy) is 1. The Morgan fingerprint density at radius 3 is 2.94 bits per heavy atom. The summed E-state index contributed by atoms with van der Waals surface area (Å²) in [4.78, 5) is 4.16. The molecule has 0 aliphatic heterocycles. The Morgan fingerprint density at radius 2 is 2.24 bits per heavy atom. The first-order chi connectivity index (χ1) is 8.31. The van der Waals surface area contributed by atoms with Crippen LogP contribution in [0, 0.1) is 0 Å². The number of aliphatic hydroxyl groups excluding tert-OH is 1. The van der Waals surface area contributed by atoms with E-state index in [0.717, 1.165) is 17.0 Å². The van der Waals surface area contributed by atoms with Crippen LogP contribution in [0.2, 0.25) is 0 Å². The highest BCUT2D eigenvalue weighted by Crippen LogP contribution is 2.27. The Labute approximate surface area is 105 Å². The van der Waals surface area contributed by atoms with Gasteiger partial charge in [0, 0.05) is 10.9 Å². The summed E-state index contributed by atoms with van der Waals surface area (Å²) in [6.45, 7) is 2.39. The van der Waals surface area contributed by atoms with Gasteiger partial charge in [-0.3, -0.25) is 0 Å². The van der Waals surface area contributed by atoms with Gasteiger partial charge in [0.1, 0.15) is 12.4 Å². The molecule has 2 rings (SSSR count). The number of hydrogen-bond acceptors (Lipinski definition) is 4. The van der Waals surface area contributed by atoms with E-state index >= 15 is 0 Å². The Hall–Kier alpha value is -1.39. The van der Waals surface area contributed by atoms with Gasteiger partial charge in [0.05, 0.1) is 17.3 Å². The summed E-state index contributed by atoms with van der Waals surface area (Å²) in [6, 6.07) is 7.58. The van der Waals surface area contributed by atoms with Crippen molar-refractivity contribution in [3.63, 3.8) is 0 Å². The smallest absolute Gasteiger partial charge is 0.131 e. The highest BCUT2D eigenvalue weighted by atomic mass is 32.1. The maximum atomic E-state index is 9.87. The Kier molecular flexibility index (Phi) is 4.12. The van der Waals surface area contributed by atoms with Crippen LogP contribution in [0.25, 0.3) is 0 Å². The van der Waals surface area contributed by atoms with E-state index in [4.69, 9.17) is 4.74 Å². The Balaban J connectivity index is 2.09. The van der Waals surface area contributed by atoms with Crippen LogP contribution in [0.3, 0.4) is 0 Å². The lowest BCUT2D eigenvalue weighted by Gasteiger charge is -2.14. The second-order valence-corrected chi connectivity index (χ2v) is 4.45. The first-order valence-electron chi connectivity index (χ1n) is 5.58. The third kappa shape index (κ3) is 3.05. The molecule has 1 atom stereocenters. The molecule has 0 radical (unpaired) electrons. The monoisotopic (exact) mass is 249 g/mol. The number of rotatable bonds is 5. The molecule has 90 valence electrons. The number of aromatic nitrogens is 1. The van der Waals surface area contributed by atoms with Gasteiger partial charge in [-0.05, 0) is 12.5 Å². The van der Waals surface area contributed by atoms with Crippen LogP contribution in [-0.2, 0) is 6.61 Å². The van der Waals surface area contributed by atoms with Crippen LogP contribution in [0.15, 0.2) is 35.2 Å². The minimum atomic E-state index is -0.471. The van der Waals surface area contributed by atoms with Gasteiger partial charge in [0.15, 0.2) is 0 Å². The zero-order chi connectivity index (χ0) is 12.1. The summed E-state index contributed by atoms with van der Waals surface area (Å²) < 4.78 is 5.69. The molecule has 0 spiro atoms. The van der Waals surface area contributed by atoms with Crippen molar-refractivity contribution in [2.45, 2.75) is 26.1 Å². The van der Waals surface area contributed by atoms with E-state index < -0.39 is 6.10 Å². The lowest BCUT2D eigenvalue weighted by molar-refractivity contribution is 0.166. The third-order valence-corrected chi connectivity index (χ3v) is 3.16. The molecule has 0 amide bonds. The van der Waals surface area contributed by atoms with Crippen LogP contribution in [0.5, 0.6) is 5.75 Å². The van der Waals surface area contributed by atoms with Gasteiger partial charge in [-0.2, -0.15) is 0 Å². The second-order valence-electron chi connectivity index (χ2n) is 3.73. The number of hydrogen-bond donors (Lipinski definition) is 1. The number of benzene rings is 1. The number of nitrogens with zero attached hydrogens (tertiary/aromatic N) is 1. The van der Waals surface area contributed by atoms with Crippen molar-refractivity contribution in [1.82, 2.24) is 4.98 Å². The lowest BCUT2D eigenvalue weighted by atomic mass is 10.1. The molecule has 0 fully saturated rings. The first-order valence-corrected chi connectivity index (χ1v) is 6.52. The molecule has 2 aromatic rings. The quantitative estimate of drug-likeness (QED) is 0.885. The lowest BCUT2D eigenvalue weighted by Crippen LogP contribution is -2.02. The normalized spacial score (nSPS) is 12.4. The second kappa shape index (κ2) is 5.80. The summed E-state index contributed by atoms with van der Waals surface area (Å²) in [5.41, 5.74) is 3.53. The molecule has 0 saturated carbocycles. The fraction of sp³-hybridized carbons (Fsp3) is 0.308. The van der Waals surface area contributed by atoms with Crippen LogP contribution in [0.1, 0.15) is 30.7 Å². The van der Waals surface area contributed by atoms with Crippen molar-refractivity contribution in [1.29, 1.82) is 0 Å². The molecule has 1 N–H and O–H groups in total. The molecule has 4 heteroatoms. The van der Waals surface area contributed by atoms with Crippen LogP contribution in [0.4, 0.5) is 0 Å². The molecule has 1 aromatic carbocycles. The number of aliphatic hydroxyl groups is 1. The summed E-state index contributed by atoms with van der Waals surface area (Å²) in [6.07, 6.45) is 0.207. The highest BCUT2D eigenvalue weighted by Gasteiger charge is 2.11. The summed E-state index contributed by atoms with van der Waals surface area (Å²) in [5.74, 6) is 0.731. The fourth-order valence-corrected chi connectivity index (χ4v) is 2.11. The molecule has 1 heterocycles. The predicted molar refractivity (Wildman–Crippen MR) is 68.1 cm³/mol. The molecular weight excluding hydrogens is 234 g/mol. The van der Waals surface area contributed by atoms with Gasteiger partial charge in [0.25, 0.3) is 0 Å². The number of para-hydroxylation sites is 1. The van der Waals surface area contributed by atoms with E-state index in [9.17, 15) is 5.11 Å². The van der Waals surface area contributed by atoms with E-state index in [1.165, 1.54) is 0 Å². The first kappa shape index (κ1) is 12.1.